The first-order chi connectivity index (χ1) is 14.3. The number of rotatable bonds is 7. The van der Waals surface area contributed by atoms with Gasteiger partial charge in [0.05, 0.1) is 12.8 Å². The summed E-state index contributed by atoms with van der Waals surface area (Å²) < 4.78 is 32.4. The monoisotopic (exact) mass is 464 g/mol. The summed E-state index contributed by atoms with van der Waals surface area (Å²) in [4.78, 5) is 24.3. The van der Waals surface area contributed by atoms with Crippen LogP contribution in [0.2, 0.25) is 5.02 Å². The van der Waals surface area contributed by atoms with Crippen LogP contribution in [0.25, 0.3) is 0 Å². The van der Waals surface area contributed by atoms with Gasteiger partial charge in [-0.3, -0.25) is 9.10 Å². The fourth-order valence-corrected chi connectivity index (χ4v) is 5.49. The van der Waals surface area contributed by atoms with E-state index >= 15 is 0 Å². The van der Waals surface area contributed by atoms with E-state index in [-0.39, 0.29) is 15.5 Å². The van der Waals surface area contributed by atoms with Crippen LogP contribution in [-0.2, 0) is 19.6 Å². The average molecular weight is 465 g/mol. The molecule has 0 aliphatic heterocycles. The summed E-state index contributed by atoms with van der Waals surface area (Å²) in [5.74, 6) is -1.32. The van der Waals surface area contributed by atoms with E-state index in [0.717, 1.165) is 15.6 Å². The fraction of sp³-hybridized carbons (Fsp3) is 0.100. The topological polar surface area (TPSA) is 92.8 Å². The Balaban J connectivity index is 1.99. The minimum Gasteiger partial charge on any atom is -0.465 e. The van der Waals surface area contributed by atoms with Crippen LogP contribution in [0.1, 0.15) is 9.67 Å². The van der Waals surface area contributed by atoms with Crippen LogP contribution >= 0.6 is 22.9 Å². The fourth-order valence-electron chi connectivity index (χ4n) is 2.64. The molecule has 2 aromatic carbocycles. The second kappa shape index (κ2) is 9.29. The lowest BCUT2D eigenvalue weighted by atomic mass is 10.3. The Labute approximate surface area is 182 Å². The lowest BCUT2D eigenvalue weighted by Crippen LogP contribution is -2.38. The molecule has 0 bridgehead atoms. The molecule has 10 heteroatoms. The lowest BCUT2D eigenvalue weighted by Gasteiger charge is -2.24. The van der Waals surface area contributed by atoms with E-state index in [4.69, 9.17) is 11.6 Å². The molecule has 156 valence electrons. The predicted octanol–water partition coefficient (Wildman–Crippen LogP) is 4.02. The molecular formula is C20H17ClN2O5S2. The minimum absolute atomic E-state index is 0.0695. The van der Waals surface area contributed by atoms with Crippen molar-refractivity contribution < 1.29 is 22.7 Å². The highest BCUT2D eigenvalue weighted by Crippen LogP contribution is 2.30. The van der Waals surface area contributed by atoms with Gasteiger partial charge in [0.1, 0.15) is 16.3 Å². The van der Waals surface area contributed by atoms with E-state index in [1.807, 2.05) is 0 Å². The summed E-state index contributed by atoms with van der Waals surface area (Å²) in [5, 5.41) is 4.55. The maximum Gasteiger partial charge on any atom is 0.349 e. The van der Waals surface area contributed by atoms with Crippen LogP contribution in [-0.4, -0.2) is 33.9 Å². The first-order valence-corrected chi connectivity index (χ1v) is 11.3. The molecule has 1 amide bonds. The number of nitrogens with one attached hydrogen (secondary N) is 1. The summed E-state index contributed by atoms with van der Waals surface area (Å²) in [5.41, 5.74) is 0.756. The third kappa shape index (κ3) is 4.81. The van der Waals surface area contributed by atoms with Crippen molar-refractivity contribution in [2.45, 2.75) is 4.90 Å². The van der Waals surface area contributed by atoms with Crippen LogP contribution < -0.4 is 9.62 Å². The smallest absolute Gasteiger partial charge is 0.349 e. The van der Waals surface area contributed by atoms with Crippen molar-refractivity contribution >= 4 is 56.2 Å². The van der Waals surface area contributed by atoms with Gasteiger partial charge in [-0.2, -0.15) is 0 Å². The molecule has 1 heterocycles. The maximum absolute atomic E-state index is 13.4. The van der Waals surface area contributed by atoms with Crippen LogP contribution in [0, 0.1) is 0 Å². The Morgan fingerprint density at radius 1 is 1.07 bits per heavy atom. The molecule has 30 heavy (non-hydrogen) atoms. The van der Waals surface area contributed by atoms with E-state index in [0.29, 0.717) is 10.7 Å². The third-order valence-corrected chi connectivity index (χ3v) is 7.12. The number of carbonyl (C=O) groups is 2. The number of benzene rings is 2. The quantitative estimate of drug-likeness (QED) is 0.533. The number of amides is 1. The summed E-state index contributed by atoms with van der Waals surface area (Å²) in [7, 11) is -3.09. The van der Waals surface area contributed by atoms with Gasteiger partial charge in [-0.15, -0.1) is 11.3 Å². The number of hydrogen-bond acceptors (Lipinski definition) is 6. The predicted molar refractivity (Wildman–Crippen MR) is 117 cm³/mol. The number of anilines is 2. The zero-order valence-electron chi connectivity index (χ0n) is 15.7. The van der Waals surface area contributed by atoms with Gasteiger partial charge >= 0.3 is 5.97 Å². The van der Waals surface area contributed by atoms with Crippen LogP contribution in [0.4, 0.5) is 11.4 Å². The Morgan fingerprint density at radius 2 is 1.73 bits per heavy atom. The molecule has 3 rings (SSSR count). The van der Waals surface area contributed by atoms with Crippen LogP contribution in [0.15, 0.2) is 70.9 Å². The van der Waals surface area contributed by atoms with Crippen LogP contribution in [0.3, 0.4) is 0 Å². The van der Waals surface area contributed by atoms with Gasteiger partial charge in [-0.1, -0.05) is 29.8 Å². The van der Waals surface area contributed by atoms with Gasteiger partial charge in [0, 0.05) is 10.7 Å². The van der Waals surface area contributed by atoms with Gasteiger partial charge in [-0.25, -0.2) is 13.2 Å². The van der Waals surface area contributed by atoms with Crippen molar-refractivity contribution in [3.8, 4) is 0 Å². The van der Waals surface area contributed by atoms with Crippen molar-refractivity contribution in [2.75, 3.05) is 23.3 Å². The summed E-state index contributed by atoms with van der Waals surface area (Å²) in [6.45, 7) is -0.505. The van der Waals surface area contributed by atoms with Gasteiger partial charge in [0.2, 0.25) is 5.91 Å². The maximum atomic E-state index is 13.4. The highest BCUT2D eigenvalue weighted by Gasteiger charge is 2.32. The Morgan fingerprint density at radius 3 is 2.37 bits per heavy atom. The van der Waals surface area contributed by atoms with E-state index < -0.39 is 28.4 Å². The summed E-state index contributed by atoms with van der Waals surface area (Å²) >= 11 is 6.87. The van der Waals surface area contributed by atoms with Crippen molar-refractivity contribution in [3.05, 3.63) is 75.9 Å². The Kier molecular flexibility index (Phi) is 6.76. The van der Waals surface area contributed by atoms with Gasteiger partial charge < -0.3 is 10.1 Å². The molecule has 0 spiro atoms. The minimum atomic E-state index is -4.26. The first-order valence-electron chi connectivity index (χ1n) is 8.62. The van der Waals surface area contributed by atoms with Gasteiger partial charge in [0.25, 0.3) is 10.0 Å². The SMILES string of the molecule is COC(=O)c1sccc1S(=O)(=O)N(CC(=O)Nc1ccccc1)c1ccc(Cl)cc1. The molecule has 0 atom stereocenters. The van der Waals surface area contributed by atoms with Crippen molar-refractivity contribution in [2.24, 2.45) is 0 Å². The average Bonchev–Trinajstić information content (AvgIpc) is 3.24. The number of ether oxygens (including phenoxy) is 1. The van der Waals surface area contributed by atoms with Gasteiger partial charge in [-0.05, 0) is 47.8 Å². The molecule has 1 aromatic heterocycles. The van der Waals surface area contributed by atoms with E-state index in [2.05, 4.69) is 10.1 Å². The highest BCUT2D eigenvalue weighted by molar-refractivity contribution is 7.93. The van der Waals surface area contributed by atoms with E-state index in [1.54, 1.807) is 30.3 Å². The second-order valence-corrected chi connectivity index (χ2v) is 9.19. The molecule has 7 nitrogen and oxygen atoms in total. The molecule has 0 aliphatic carbocycles. The lowest BCUT2D eigenvalue weighted by molar-refractivity contribution is -0.114. The number of para-hydroxylation sites is 1. The molecule has 0 unspecified atom stereocenters. The van der Waals surface area contributed by atoms with Gasteiger partial charge in [0.15, 0.2) is 0 Å². The largest absolute Gasteiger partial charge is 0.465 e. The van der Waals surface area contributed by atoms with E-state index in [9.17, 15) is 18.0 Å². The van der Waals surface area contributed by atoms with E-state index in [1.165, 1.54) is 42.8 Å². The molecule has 1 N–H and O–H groups in total. The normalized spacial score (nSPS) is 11.0. The number of nitrogens with zero attached hydrogens (tertiary/aromatic N) is 1. The third-order valence-electron chi connectivity index (χ3n) is 4.03. The summed E-state index contributed by atoms with van der Waals surface area (Å²) in [6, 6.07) is 16.0. The number of halogens is 1. The summed E-state index contributed by atoms with van der Waals surface area (Å²) in [6.07, 6.45) is 0. The zero-order valence-corrected chi connectivity index (χ0v) is 18.1. The van der Waals surface area contributed by atoms with Crippen molar-refractivity contribution in [3.63, 3.8) is 0 Å². The van der Waals surface area contributed by atoms with Crippen LogP contribution in [0.5, 0.6) is 0 Å². The number of esters is 1. The molecule has 0 saturated heterocycles. The molecule has 0 radical (unpaired) electrons. The number of methoxy groups -OCH3 is 1. The second-order valence-electron chi connectivity index (χ2n) is 6.01. The Hall–Kier alpha value is -2.88. The molecular weight excluding hydrogens is 448 g/mol. The highest BCUT2D eigenvalue weighted by atomic mass is 35.5. The molecule has 0 fully saturated rings. The Bertz CT molecular complexity index is 1150. The molecule has 0 aliphatic rings. The molecule has 3 aromatic rings. The number of sulfonamides is 1. The zero-order chi connectivity index (χ0) is 21.7. The van der Waals surface area contributed by atoms with Crippen molar-refractivity contribution in [1.82, 2.24) is 0 Å². The number of thiophene rings is 1. The number of carbonyl (C=O) groups excluding carboxylic acids is 2. The standard InChI is InChI=1S/C20H17ClN2O5S2/c1-28-20(25)19-17(11-12-29-19)30(26,27)23(16-9-7-14(21)8-10-16)13-18(24)22-15-5-3-2-4-6-15/h2-12H,13H2,1H3,(H,22,24). The first kappa shape index (κ1) is 21.8. The molecule has 0 saturated carbocycles. The van der Waals surface area contributed by atoms with Crippen molar-refractivity contribution in [1.29, 1.82) is 0 Å². The number of hydrogen-bond donors (Lipinski definition) is 1.